The lowest BCUT2D eigenvalue weighted by molar-refractivity contribution is -0.122. The number of benzene rings is 3. The molecule has 0 bridgehead atoms. The van der Waals surface area contributed by atoms with Crippen LogP contribution in [0.3, 0.4) is 0 Å². The third-order valence-corrected chi connectivity index (χ3v) is 6.54. The van der Waals surface area contributed by atoms with E-state index in [2.05, 4.69) is 10.0 Å². The summed E-state index contributed by atoms with van der Waals surface area (Å²) in [5.74, 6) is 0.359. The van der Waals surface area contributed by atoms with Crippen LogP contribution in [0.4, 0.5) is 11.4 Å². The van der Waals surface area contributed by atoms with Gasteiger partial charge in [0.15, 0.2) is 6.10 Å². The van der Waals surface area contributed by atoms with E-state index in [4.69, 9.17) is 16.3 Å². The van der Waals surface area contributed by atoms with Crippen LogP contribution in [0, 0.1) is 13.8 Å². The molecule has 1 atom stereocenters. The monoisotopic (exact) mass is 472 g/mol. The first kappa shape index (κ1) is 23.6. The molecule has 0 heterocycles. The molecule has 0 fully saturated rings. The summed E-state index contributed by atoms with van der Waals surface area (Å²) in [4.78, 5) is 12.8. The zero-order chi connectivity index (χ0) is 23.3. The Balaban J connectivity index is 1.69. The molecule has 8 heteroatoms. The molecule has 0 aliphatic rings. The summed E-state index contributed by atoms with van der Waals surface area (Å²) >= 11 is 6.03. The van der Waals surface area contributed by atoms with Crippen molar-refractivity contribution in [2.24, 2.45) is 0 Å². The predicted octanol–water partition coefficient (Wildman–Crippen LogP) is 5.55. The van der Waals surface area contributed by atoms with E-state index in [1.807, 2.05) is 39.0 Å². The topological polar surface area (TPSA) is 84.5 Å². The van der Waals surface area contributed by atoms with Crippen molar-refractivity contribution in [3.63, 3.8) is 0 Å². The van der Waals surface area contributed by atoms with Gasteiger partial charge >= 0.3 is 0 Å². The summed E-state index contributed by atoms with van der Waals surface area (Å²) in [7, 11) is -3.82. The molecule has 1 unspecified atom stereocenters. The molecule has 3 aromatic rings. The molecule has 0 aliphatic carbocycles. The maximum Gasteiger partial charge on any atom is 0.265 e. The van der Waals surface area contributed by atoms with Crippen molar-refractivity contribution >= 4 is 38.9 Å². The van der Waals surface area contributed by atoms with Crippen molar-refractivity contribution < 1.29 is 17.9 Å². The van der Waals surface area contributed by atoms with E-state index in [9.17, 15) is 13.2 Å². The highest BCUT2D eigenvalue weighted by molar-refractivity contribution is 7.92. The molecule has 3 rings (SSSR count). The Bertz CT molecular complexity index is 1210. The minimum absolute atomic E-state index is 0.0501. The second kappa shape index (κ2) is 10.1. The van der Waals surface area contributed by atoms with E-state index in [0.29, 0.717) is 28.6 Å². The molecule has 32 heavy (non-hydrogen) atoms. The van der Waals surface area contributed by atoms with Crippen molar-refractivity contribution in [2.45, 2.75) is 38.2 Å². The number of carbonyl (C=O) groups excluding carboxylic acids is 1. The average molecular weight is 473 g/mol. The molecule has 6 nitrogen and oxygen atoms in total. The molecule has 0 aliphatic heterocycles. The van der Waals surface area contributed by atoms with E-state index in [1.165, 1.54) is 24.3 Å². The average Bonchev–Trinajstić information content (AvgIpc) is 2.76. The second-order valence-electron chi connectivity index (χ2n) is 7.38. The van der Waals surface area contributed by atoms with Crippen LogP contribution in [-0.4, -0.2) is 20.4 Å². The lowest BCUT2D eigenvalue weighted by atomic mass is 10.1. The van der Waals surface area contributed by atoms with Crippen LogP contribution >= 0.6 is 11.6 Å². The van der Waals surface area contributed by atoms with Gasteiger partial charge in [-0.25, -0.2) is 8.42 Å². The fourth-order valence-corrected chi connectivity index (χ4v) is 4.32. The van der Waals surface area contributed by atoms with Gasteiger partial charge in [0.25, 0.3) is 15.9 Å². The van der Waals surface area contributed by atoms with Crippen molar-refractivity contribution in [1.29, 1.82) is 0 Å². The Morgan fingerprint density at radius 3 is 2.38 bits per heavy atom. The van der Waals surface area contributed by atoms with Gasteiger partial charge < -0.3 is 10.1 Å². The number of anilines is 2. The number of hydrogen-bond donors (Lipinski definition) is 2. The van der Waals surface area contributed by atoms with E-state index in [1.54, 1.807) is 24.3 Å². The quantitative estimate of drug-likeness (QED) is 0.450. The van der Waals surface area contributed by atoms with Crippen LogP contribution in [-0.2, 0) is 14.8 Å². The Labute approximate surface area is 193 Å². The van der Waals surface area contributed by atoms with Gasteiger partial charge in [-0.1, -0.05) is 42.8 Å². The van der Waals surface area contributed by atoms with Crippen LogP contribution in [0.1, 0.15) is 24.5 Å². The smallest absolute Gasteiger partial charge is 0.265 e. The molecule has 2 N–H and O–H groups in total. The van der Waals surface area contributed by atoms with E-state index >= 15 is 0 Å². The van der Waals surface area contributed by atoms with Crippen LogP contribution < -0.4 is 14.8 Å². The maximum atomic E-state index is 12.7. The molecular weight excluding hydrogens is 448 g/mol. The van der Waals surface area contributed by atoms with Crippen LogP contribution in [0.15, 0.2) is 71.6 Å². The van der Waals surface area contributed by atoms with Crippen molar-refractivity contribution in [2.75, 3.05) is 10.0 Å². The van der Waals surface area contributed by atoms with Crippen LogP contribution in [0.5, 0.6) is 5.75 Å². The predicted molar refractivity (Wildman–Crippen MR) is 128 cm³/mol. The Hall–Kier alpha value is -3.03. The Kier molecular flexibility index (Phi) is 7.43. The second-order valence-corrected chi connectivity index (χ2v) is 9.47. The number of sulfonamides is 1. The fourth-order valence-electron chi connectivity index (χ4n) is 3.00. The number of para-hydroxylation sites is 1. The molecule has 1 amide bonds. The number of ether oxygens (including phenoxy) is 1. The van der Waals surface area contributed by atoms with Gasteiger partial charge in [0.05, 0.1) is 15.6 Å². The lowest BCUT2D eigenvalue weighted by Gasteiger charge is -2.19. The third kappa shape index (κ3) is 5.81. The molecule has 168 valence electrons. The number of aryl methyl sites for hydroxylation is 2. The van der Waals surface area contributed by atoms with E-state index < -0.39 is 16.1 Å². The highest BCUT2D eigenvalue weighted by atomic mass is 35.5. The first-order chi connectivity index (χ1) is 15.2. The van der Waals surface area contributed by atoms with Gasteiger partial charge in [-0.3, -0.25) is 9.52 Å². The van der Waals surface area contributed by atoms with E-state index in [0.717, 1.165) is 11.1 Å². The summed E-state index contributed by atoms with van der Waals surface area (Å²) in [6.45, 7) is 5.75. The molecule has 0 aromatic heterocycles. The highest BCUT2D eigenvalue weighted by Crippen LogP contribution is 2.25. The first-order valence-electron chi connectivity index (χ1n) is 10.1. The normalized spacial score (nSPS) is 12.1. The summed E-state index contributed by atoms with van der Waals surface area (Å²) < 4.78 is 33.6. The molecule has 0 saturated heterocycles. The maximum absolute atomic E-state index is 12.7. The molecule has 0 saturated carbocycles. The highest BCUT2D eigenvalue weighted by Gasteiger charge is 2.20. The summed E-state index contributed by atoms with van der Waals surface area (Å²) in [5, 5.41) is 3.08. The summed E-state index contributed by atoms with van der Waals surface area (Å²) in [6, 6.07) is 18.3. The van der Waals surface area contributed by atoms with Crippen molar-refractivity contribution in [3.05, 3.63) is 82.9 Å². The Morgan fingerprint density at radius 1 is 1.03 bits per heavy atom. The standard InChI is InChI=1S/C24H25ClN2O4S/c1-4-22(31-23-15-16(2)9-10-17(23)3)24(28)26-18-11-13-19(14-12-18)32(29,30)27-21-8-6-5-7-20(21)25/h5-15,22,27H,4H2,1-3H3,(H,26,28). The zero-order valence-electron chi connectivity index (χ0n) is 18.1. The van der Waals surface area contributed by atoms with Gasteiger partial charge in [-0.15, -0.1) is 0 Å². The molecule has 0 radical (unpaired) electrons. The Morgan fingerprint density at radius 2 is 1.72 bits per heavy atom. The number of hydrogen-bond acceptors (Lipinski definition) is 4. The van der Waals surface area contributed by atoms with Gasteiger partial charge in [-0.2, -0.15) is 0 Å². The lowest BCUT2D eigenvalue weighted by Crippen LogP contribution is -2.32. The largest absolute Gasteiger partial charge is 0.480 e. The number of carbonyl (C=O) groups is 1. The van der Waals surface area contributed by atoms with Gasteiger partial charge in [0, 0.05) is 5.69 Å². The molecular formula is C24H25ClN2O4S. The van der Waals surface area contributed by atoms with E-state index in [-0.39, 0.29) is 10.8 Å². The molecule has 0 spiro atoms. The SMILES string of the molecule is CCC(Oc1cc(C)ccc1C)C(=O)Nc1ccc(S(=O)(=O)Nc2ccccc2Cl)cc1. The van der Waals surface area contributed by atoms with Crippen molar-refractivity contribution in [1.82, 2.24) is 0 Å². The zero-order valence-corrected chi connectivity index (χ0v) is 19.6. The fraction of sp³-hybridized carbons (Fsp3) is 0.208. The first-order valence-corrected chi connectivity index (χ1v) is 12.0. The molecule has 3 aromatic carbocycles. The third-order valence-electron chi connectivity index (χ3n) is 4.83. The number of rotatable bonds is 8. The number of amides is 1. The van der Waals surface area contributed by atoms with Crippen LogP contribution in [0.25, 0.3) is 0 Å². The number of nitrogens with one attached hydrogen (secondary N) is 2. The minimum atomic E-state index is -3.82. The minimum Gasteiger partial charge on any atom is -0.480 e. The van der Waals surface area contributed by atoms with Crippen LogP contribution in [0.2, 0.25) is 5.02 Å². The van der Waals surface area contributed by atoms with Crippen molar-refractivity contribution in [3.8, 4) is 5.75 Å². The number of halogens is 1. The summed E-state index contributed by atoms with van der Waals surface area (Å²) in [5.41, 5.74) is 2.75. The van der Waals surface area contributed by atoms with Gasteiger partial charge in [-0.05, 0) is 73.9 Å². The van der Waals surface area contributed by atoms with Gasteiger partial charge in [0.2, 0.25) is 0 Å². The summed E-state index contributed by atoms with van der Waals surface area (Å²) in [6.07, 6.45) is -0.200. The van der Waals surface area contributed by atoms with Gasteiger partial charge in [0.1, 0.15) is 5.75 Å².